The van der Waals surface area contributed by atoms with Crippen molar-refractivity contribution in [2.45, 2.75) is 39.0 Å². The molecule has 6 rings (SSSR count). The summed E-state index contributed by atoms with van der Waals surface area (Å²) in [6.07, 6.45) is 8.19. The second-order valence-electron chi connectivity index (χ2n) is 11.9. The molecule has 0 bridgehead atoms. The third-order valence-corrected chi connectivity index (χ3v) is 13.5. The molecule has 1 unspecified atom stereocenters. The summed E-state index contributed by atoms with van der Waals surface area (Å²) in [5.74, 6) is -0.326. The number of allylic oxidation sites excluding steroid dienone is 1. The molecule has 0 saturated heterocycles. The molecule has 0 nitrogen and oxygen atoms in total. The molecule has 1 aliphatic heterocycles. The van der Waals surface area contributed by atoms with Gasteiger partial charge in [-0.15, -0.1) is 12.6 Å². The summed E-state index contributed by atoms with van der Waals surface area (Å²) >= 11 is 0. The molecular formula is C34H38BP. The van der Waals surface area contributed by atoms with Crippen molar-refractivity contribution < 1.29 is 0 Å². The van der Waals surface area contributed by atoms with Crippen molar-refractivity contribution in [2.24, 2.45) is 5.92 Å². The van der Waals surface area contributed by atoms with E-state index in [0.29, 0.717) is 0 Å². The first-order valence-corrected chi connectivity index (χ1v) is 16.8. The minimum atomic E-state index is -1.41. The summed E-state index contributed by atoms with van der Waals surface area (Å²) in [6.45, 7) is 7.54. The van der Waals surface area contributed by atoms with Gasteiger partial charge in [-0.1, -0.05) is 133 Å². The molecule has 1 fully saturated rings. The van der Waals surface area contributed by atoms with Crippen LogP contribution in [0.25, 0.3) is 16.2 Å². The first-order chi connectivity index (χ1) is 17.5. The first kappa shape index (κ1) is 23.8. The second kappa shape index (κ2) is 9.35. The molecule has 4 aromatic carbocycles. The SMILES string of the molecule is Cc1ccc([B-]2(c3ccccc3)C(c3ccc4ccccc4c3)=C(C3CCCCC3)C[P+]2(C)C)cc1. The normalized spacial score (nSPS) is 22.3. The van der Waals surface area contributed by atoms with E-state index >= 15 is 0 Å². The Kier molecular flexibility index (Phi) is 6.17. The van der Waals surface area contributed by atoms with Crippen molar-refractivity contribution >= 4 is 40.2 Å². The summed E-state index contributed by atoms with van der Waals surface area (Å²) < 4.78 is 0. The van der Waals surface area contributed by atoms with E-state index < -0.39 is 13.0 Å². The largest absolute Gasteiger partial charge is 0.246 e. The lowest BCUT2D eigenvalue weighted by Gasteiger charge is -2.46. The second-order valence-corrected chi connectivity index (χ2v) is 16.6. The molecule has 1 heterocycles. The molecule has 182 valence electrons. The number of benzene rings is 4. The molecule has 1 aliphatic carbocycles. The zero-order valence-electron chi connectivity index (χ0n) is 22.1. The highest BCUT2D eigenvalue weighted by Crippen LogP contribution is 2.71. The van der Waals surface area contributed by atoms with E-state index in [2.05, 4.69) is 117 Å². The van der Waals surface area contributed by atoms with Crippen molar-refractivity contribution in [3.8, 4) is 0 Å². The van der Waals surface area contributed by atoms with Gasteiger partial charge in [0, 0.05) is 19.5 Å². The van der Waals surface area contributed by atoms with E-state index in [1.807, 2.05) is 0 Å². The lowest BCUT2D eigenvalue weighted by Crippen LogP contribution is -2.59. The molecule has 0 spiro atoms. The fraction of sp³-hybridized carbons (Fsp3) is 0.294. The van der Waals surface area contributed by atoms with Gasteiger partial charge in [0.25, 0.3) is 0 Å². The van der Waals surface area contributed by atoms with Crippen LogP contribution in [0.15, 0.2) is 103 Å². The average Bonchev–Trinajstić information content (AvgIpc) is 3.17. The Bertz CT molecular complexity index is 1410. The maximum Gasteiger partial charge on any atom is 0.246 e. The maximum atomic E-state index is 2.66. The third-order valence-electron chi connectivity index (χ3n) is 9.39. The minimum absolute atomic E-state index is 0.734. The smallest absolute Gasteiger partial charge is 0.158 e. The van der Waals surface area contributed by atoms with Crippen LogP contribution >= 0.6 is 7.14 Å². The van der Waals surface area contributed by atoms with Crippen molar-refractivity contribution in [3.63, 3.8) is 0 Å². The Morgan fingerprint density at radius 2 is 1.31 bits per heavy atom. The van der Waals surface area contributed by atoms with Crippen molar-refractivity contribution in [1.82, 2.24) is 0 Å². The van der Waals surface area contributed by atoms with Crippen LogP contribution in [0.4, 0.5) is 0 Å². The minimum Gasteiger partial charge on any atom is -0.158 e. The Balaban J connectivity index is 1.71. The summed E-state index contributed by atoms with van der Waals surface area (Å²) in [7, 11) is -1.41. The molecule has 1 atom stereocenters. The first-order valence-electron chi connectivity index (χ1n) is 13.8. The standard InChI is InChI=1S/C34H38BP/c1-26-18-22-32(23-19-26)35(31-16-8-5-9-17-31)34(30-21-20-27-12-10-11-15-29(27)24-30)33(25-36(35,2)3)28-13-6-4-7-14-28/h5,8-12,15-24,28H,4,6-7,13-14,25H2,1-3H3. The number of hydrogen-bond donors (Lipinski definition) is 0. The van der Waals surface area contributed by atoms with Crippen LogP contribution in [0, 0.1) is 12.8 Å². The summed E-state index contributed by atoms with van der Waals surface area (Å²) in [6, 6.07) is 37.4. The lowest BCUT2D eigenvalue weighted by atomic mass is 9.32. The van der Waals surface area contributed by atoms with E-state index in [1.54, 1.807) is 16.5 Å². The van der Waals surface area contributed by atoms with E-state index in [1.165, 1.54) is 65.6 Å². The predicted octanol–water partition coefficient (Wildman–Crippen LogP) is 8.07. The summed E-state index contributed by atoms with van der Waals surface area (Å²) in [5.41, 5.74) is 9.38. The Morgan fingerprint density at radius 1 is 0.667 bits per heavy atom. The Hall–Kier alpha value is -2.63. The van der Waals surface area contributed by atoms with Gasteiger partial charge in [-0.3, -0.25) is 0 Å². The van der Waals surface area contributed by atoms with Crippen molar-refractivity contribution in [1.29, 1.82) is 0 Å². The van der Waals surface area contributed by atoms with Crippen LogP contribution < -0.4 is 10.9 Å². The third kappa shape index (κ3) is 3.79. The van der Waals surface area contributed by atoms with Gasteiger partial charge in [-0.25, -0.2) is 0 Å². The molecule has 36 heavy (non-hydrogen) atoms. The fourth-order valence-corrected chi connectivity index (χ4v) is 12.3. The van der Waals surface area contributed by atoms with Crippen LogP contribution in [-0.4, -0.2) is 25.4 Å². The Labute approximate surface area is 218 Å². The quantitative estimate of drug-likeness (QED) is 0.201. The van der Waals surface area contributed by atoms with E-state index in [-0.39, 0.29) is 0 Å². The zero-order chi connectivity index (χ0) is 24.8. The van der Waals surface area contributed by atoms with E-state index in [0.717, 1.165) is 5.92 Å². The van der Waals surface area contributed by atoms with Gasteiger partial charge in [-0.05, 0) is 36.5 Å². The molecule has 4 aromatic rings. The molecule has 0 N–H and O–H groups in total. The maximum absolute atomic E-state index is 2.66. The van der Waals surface area contributed by atoms with Crippen LogP contribution in [0.5, 0.6) is 0 Å². The van der Waals surface area contributed by atoms with Crippen molar-refractivity contribution in [3.05, 3.63) is 114 Å². The van der Waals surface area contributed by atoms with Crippen LogP contribution in [0.2, 0.25) is 0 Å². The molecule has 2 aliphatic rings. The highest BCUT2D eigenvalue weighted by atomic mass is 31.2. The summed E-state index contributed by atoms with van der Waals surface area (Å²) in [4.78, 5) is 0. The molecule has 0 amide bonds. The van der Waals surface area contributed by atoms with Crippen molar-refractivity contribution in [2.75, 3.05) is 19.5 Å². The van der Waals surface area contributed by atoms with E-state index in [4.69, 9.17) is 0 Å². The lowest BCUT2D eigenvalue weighted by molar-refractivity contribution is 0.405. The molecular weight excluding hydrogens is 450 g/mol. The van der Waals surface area contributed by atoms with Crippen LogP contribution in [0.1, 0.15) is 43.2 Å². The highest BCUT2D eigenvalue weighted by molar-refractivity contribution is 8.14. The number of rotatable bonds is 4. The zero-order valence-corrected chi connectivity index (χ0v) is 23.0. The Morgan fingerprint density at radius 3 is 2.03 bits per heavy atom. The molecule has 1 saturated carbocycles. The van der Waals surface area contributed by atoms with Gasteiger partial charge in [0.15, 0.2) is 0 Å². The van der Waals surface area contributed by atoms with Crippen LogP contribution in [-0.2, 0) is 0 Å². The fourth-order valence-electron chi connectivity index (χ4n) is 7.77. The monoisotopic (exact) mass is 488 g/mol. The molecule has 2 heteroatoms. The van der Waals surface area contributed by atoms with Gasteiger partial charge in [-0.2, -0.15) is 10.9 Å². The topological polar surface area (TPSA) is 0 Å². The van der Waals surface area contributed by atoms with Gasteiger partial charge in [0.2, 0.25) is 5.87 Å². The van der Waals surface area contributed by atoms with Gasteiger partial charge >= 0.3 is 0 Å². The van der Waals surface area contributed by atoms with Gasteiger partial charge < -0.3 is 0 Å². The predicted molar refractivity (Wildman–Crippen MR) is 164 cm³/mol. The van der Waals surface area contributed by atoms with E-state index in [9.17, 15) is 0 Å². The number of hydrogen-bond acceptors (Lipinski definition) is 0. The average molecular weight is 488 g/mol. The summed E-state index contributed by atoms with van der Waals surface area (Å²) in [5, 5.41) is 2.69. The number of fused-ring (bicyclic) bond motifs is 1. The number of aryl methyl sites for hydroxylation is 1. The highest BCUT2D eigenvalue weighted by Gasteiger charge is 2.57. The molecule has 0 radical (unpaired) electrons. The van der Waals surface area contributed by atoms with Crippen LogP contribution in [0.3, 0.4) is 0 Å². The van der Waals surface area contributed by atoms with Gasteiger partial charge in [0.1, 0.15) is 0 Å². The van der Waals surface area contributed by atoms with Gasteiger partial charge in [0.05, 0.1) is 0 Å². The molecule has 0 aromatic heterocycles.